The molecule has 7 heteroatoms. The van der Waals surface area contributed by atoms with Gasteiger partial charge in [-0.3, -0.25) is 4.79 Å². The number of hydrogen-bond acceptors (Lipinski definition) is 5. The number of nitrogens with one attached hydrogen (secondary N) is 1. The fraction of sp³-hybridized carbons (Fsp3) is 0.312. The summed E-state index contributed by atoms with van der Waals surface area (Å²) in [6, 6.07) is 7.46. The summed E-state index contributed by atoms with van der Waals surface area (Å²) < 4.78 is 5.39. The molecule has 1 amide bonds. The van der Waals surface area contributed by atoms with Crippen LogP contribution in [0.2, 0.25) is 0 Å². The van der Waals surface area contributed by atoms with E-state index in [2.05, 4.69) is 10.3 Å². The lowest BCUT2D eigenvalue weighted by molar-refractivity contribution is -0.140. The molecule has 0 atom stereocenters. The first-order valence-corrected chi connectivity index (χ1v) is 8.17. The minimum Gasteiger partial charge on any atom is -0.494 e. The minimum atomic E-state index is -1.10. The van der Waals surface area contributed by atoms with Gasteiger partial charge in [0.25, 0.3) is 5.91 Å². The molecule has 1 aromatic heterocycles. The number of carbonyl (C=O) groups is 2. The van der Waals surface area contributed by atoms with Gasteiger partial charge in [0, 0.05) is 10.9 Å². The Balaban J connectivity index is 1.72. The van der Waals surface area contributed by atoms with E-state index in [9.17, 15) is 9.59 Å². The van der Waals surface area contributed by atoms with E-state index < -0.39 is 17.4 Å². The molecule has 0 unspecified atom stereocenters. The largest absolute Gasteiger partial charge is 0.494 e. The molecule has 0 saturated heterocycles. The van der Waals surface area contributed by atoms with Gasteiger partial charge in [-0.15, -0.1) is 11.3 Å². The molecule has 0 radical (unpaired) electrons. The second-order valence-corrected chi connectivity index (χ2v) is 6.19. The van der Waals surface area contributed by atoms with E-state index in [1.54, 1.807) is 5.38 Å². The Labute approximate surface area is 137 Å². The number of aliphatic carboxylic acids is 1. The smallest absolute Gasteiger partial charge is 0.329 e. The van der Waals surface area contributed by atoms with Crippen molar-refractivity contribution in [3.8, 4) is 16.3 Å². The Morgan fingerprint density at radius 1 is 1.35 bits per heavy atom. The summed E-state index contributed by atoms with van der Waals surface area (Å²) >= 11 is 1.34. The van der Waals surface area contributed by atoms with Crippen molar-refractivity contribution in [3.05, 3.63) is 35.3 Å². The highest BCUT2D eigenvalue weighted by atomic mass is 32.1. The number of carbonyl (C=O) groups excluding carboxylic acids is 1. The molecule has 2 aromatic rings. The van der Waals surface area contributed by atoms with Crippen molar-refractivity contribution < 1.29 is 19.4 Å². The number of thiazole rings is 1. The molecule has 0 spiro atoms. The van der Waals surface area contributed by atoms with E-state index in [0.717, 1.165) is 11.3 Å². The van der Waals surface area contributed by atoms with E-state index in [1.165, 1.54) is 11.3 Å². The van der Waals surface area contributed by atoms with Crippen LogP contribution < -0.4 is 10.1 Å². The van der Waals surface area contributed by atoms with Crippen LogP contribution in [0.1, 0.15) is 30.3 Å². The number of ether oxygens (including phenoxy) is 1. The second kappa shape index (κ2) is 6.00. The summed E-state index contributed by atoms with van der Waals surface area (Å²) in [4.78, 5) is 27.6. The standard InChI is InChI=1S/C16H16N2O4S/c1-2-22-11-5-3-10(4-6-11)14-17-12(9-23-14)13(19)18-16(7-8-16)15(20)21/h3-6,9H,2,7-8H2,1H3,(H,18,19)(H,20,21). The van der Waals surface area contributed by atoms with Gasteiger partial charge in [-0.2, -0.15) is 0 Å². The number of benzene rings is 1. The number of rotatable bonds is 6. The van der Waals surface area contributed by atoms with Crippen molar-refractivity contribution in [1.29, 1.82) is 0 Å². The van der Waals surface area contributed by atoms with E-state index in [0.29, 0.717) is 24.5 Å². The van der Waals surface area contributed by atoms with Gasteiger partial charge in [0.15, 0.2) is 0 Å². The van der Waals surface area contributed by atoms with Gasteiger partial charge in [-0.25, -0.2) is 9.78 Å². The van der Waals surface area contributed by atoms with Crippen molar-refractivity contribution >= 4 is 23.2 Å². The maximum atomic E-state index is 12.1. The average molecular weight is 332 g/mol. The molecule has 120 valence electrons. The number of carboxylic acid groups (broad SMARTS) is 1. The summed E-state index contributed by atoms with van der Waals surface area (Å²) in [5.41, 5.74) is 0.0308. The number of nitrogens with zero attached hydrogens (tertiary/aromatic N) is 1. The molecule has 6 nitrogen and oxygen atoms in total. The number of carboxylic acids is 1. The highest BCUT2D eigenvalue weighted by molar-refractivity contribution is 7.13. The first kappa shape index (κ1) is 15.5. The van der Waals surface area contributed by atoms with Crippen molar-refractivity contribution in [3.63, 3.8) is 0 Å². The number of hydrogen-bond donors (Lipinski definition) is 2. The summed E-state index contributed by atoms with van der Waals surface area (Å²) in [7, 11) is 0. The highest BCUT2D eigenvalue weighted by Gasteiger charge is 2.51. The summed E-state index contributed by atoms with van der Waals surface area (Å²) in [6.45, 7) is 2.52. The minimum absolute atomic E-state index is 0.242. The van der Waals surface area contributed by atoms with Gasteiger partial charge in [0.1, 0.15) is 22.0 Å². The second-order valence-electron chi connectivity index (χ2n) is 5.34. The molecule has 1 heterocycles. The van der Waals surface area contributed by atoms with Gasteiger partial charge < -0.3 is 15.2 Å². The van der Waals surface area contributed by atoms with E-state index in [-0.39, 0.29) is 5.69 Å². The van der Waals surface area contributed by atoms with Gasteiger partial charge in [0.2, 0.25) is 0 Å². The fourth-order valence-electron chi connectivity index (χ4n) is 2.17. The zero-order chi connectivity index (χ0) is 16.4. The first-order chi connectivity index (χ1) is 11.0. The maximum Gasteiger partial charge on any atom is 0.329 e. The molecule has 1 aromatic carbocycles. The molecule has 23 heavy (non-hydrogen) atoms. The molecular weight excluding hydrogens is 316 g/mol. The third-order valence-electron chi connectivity index (χ3n) is 3.66. The van der Waals surface area contributed by atoms with Crippen molar-refractivity contribution in [1.82, 2.24) is 10.3 Å². The molecule has 1 saturated carbocycles. The van der Waals surface area contributed by atoms with Crippen molar-refractivity contribution in [2.24, 2.45) is 0 Å². The molecule has 1 aliphatic carbocycles. The zero-order valence-corrected chi connectivity index (χ0v) is 13.4. The van der Waals surface area contributed by atoms with E-state index in [4.69, 9.17) is 9.84 Å². The van der Waals surface area contributed by atoms with Crippen LogP contribution in [0, 0.1) is 0 Å². The lowest BCUT2D eigenvalue weighted by Gasteiger charge is -2.10. The van der Waals surface area contributed by atoms with Gasteiger partial charge >= 0.3 is 5.97 Å². The van der Waals surface area contributed by atoms with Gasteiger partial charge in [-0.05, 0) is 44.0 Å². The quantitative estimate of drug-likeness (QED) is 0.849. The molecule has 0 aliphatic heterocycles. The van der Waals surface area contributed by atoms with Crippen LogP contribution in [0.25, 0.3) is 10.6 Å². The molecule has 1 aliphatic rings. The Morgan fingerprint density at radius 2 is 2.04 bits per heavy atom. The third-order valence-corrected chi connectivity index (χ3v) is 4.55. The predicted molar refractivity (Wildman–Crippen MR) is 85.8 cm³/mol. The van der Waals surface area contributed by atoms with Crippen LogP contribution in [0.5, 0.6) is 5.75 Å². The lowest BCUT2D eigenvalue weighted by Crippen LogP contribution is -2.43. The molecule has 1 fully saturated rings. The van der Waals surface area contributed by atoms with Crippen molar-refractivity contribution in [2.45, 2.75) is 25.3 Å². The predicted octanol–water partition coefficient (Wildman–Crippen LogP) is 2.56. The molecular formula is C16H16N2O4S. The zero-order valence-electron chi connectivity index (χ0n) is 12.5. The normalized spacial score (nSPS) is 15.0. The summed E-state index contributed by atoms with van der Waals surface area (Å²) in [5.74, 6) is -0.658. The van der Waals surface area contributed by atoms with Crippen LogP contribution >= 0.6 is 11.3 Å². The molecule has 2 N–H and O–H groups in total. The van der Waals surface area contributed by atoms with E-state index in [1.807, 2.05) is 31.2 Å². The van der Waals surface area contributed by atoms with Crippen LogP contribution in [-0.4, -0.2) is 34.1 Å². The summed E-state index contributed by atoms with van der Waals surface area (Å²) in [6.07, 6.45) is 0.925. The van der Waals surface area contributed by atoms with Crippen molar-refractivity contribution in [2.75, 3.05) is 6.61 Å². The Kier molecular flexibility index (Phi) is 4.04. The van der Waals surface area contributed by atoms with Crippen LogP contribution in [0.3, 0.4) is 0 Å². The number of amides is 1. The molecule has 3 rings (SSSR count). The Hall–Kier alpha value is -2.41. The van der Waals surface area contributed by atoms with Crippen LogP contribution in [0.4, 0.5) is 0 Å². The number of aromatic nitrogens is 1. The SMILES string of the molecule is CCOc1ccc(-c2nc(C(=O)NC3(C(=O)O)CC3)cs2)cc1. The Bertz CT molecular complexity index is 735. The highest BCUT2D eigenvalue weighted by Crippen LogP contribution is 2.36. The lowest BCUT2D eigenvalue weighted by atomic mass is 10.2. The Morgan fingerprint density at radius 3 is 2.61 bits per heavy atom. The first-order valence-electron chi connectivity index (χ1n) is 7.29. The van der Waals surface area contributed by atoms with Gasteiger partial charge in [0.05, 0.1) is 6.61 Å². The van der Waals surface area contributed by atoms with Crippen LogP contribution in [0.15, 0.2) is 29.6 Å². The van der Waals surface area contributed by atoms with E-state index >= 15 is 0 Å². The maximum absolute atomic E-state index is 12.1. The van der Waals surface area contributed by atoms with Crippen LogP contribution in [-0.2, 0) is 4.79 Å². The monoisotopic (exact) mass is 332 g/mol. The molecule has 0 bridgehead atoms. The fourth-order valence-corrected chi connectivity index (χ4v) is 2.98. The van der Waals surface area contributed by atoms with Gasteiger partial charge in [-0.1, -0.05) is 0 Å². The average Bonchev–Trinajstić information content (AvgIpc) is 3.15. The topological polar surface area (TPSA) is 88.5 Å². The third kappa shape index (κ3) is 3.19. The summed E-state index contributed by atoms with van der Waals surface area (Å²) in [5, 5.41) is 14.0.